The van der Waals surface area contributed by atoms with Crippen LogP contribution in [0.1, 0.15) is 24.5 Å². The van der Waals surface area contributed by atoms with Crippen LogP contribution in [0.2, 0.25) is 0 Å². The van der Waals surface area contributed by atoms with Gasteiger partial charge in [0.1, 0.15) is 11.6 Å². The molecule has 1 saturated heterocycles. The summed E-state index contributed by atoms with van der Waals surface area (Å²) in [6, 6.07) is 10.2. The molecule has 0 N–H and O–H groups in total. The molecule has 1 aromatic carbocycles. The first-order valence-electron chi connectivity index (χ1n) is 8.19. The van der Waals surface area contributed by atoms with E-state index in [0.29, 0.717) is 11.8 Å². The molecular formula is C17H24N4OS. The number of hydrogen-bond acceptors (Lipinski definition) is 4. The highest BCUT2D eigenvalue weighted by Gasteiger charge is 2.26. The van der Waals surface area contributed by atoms with E-state index in [4.69, 9.17) is 0 Å². The van der Waals surface area contributed by atoms with Gasteiger partial charge in [0, 0.05) is 23.2 Å². The number of aromatic nitrogens is 3. The van der Waals surface area contributed by atoms with Crippen LogP contribution in [0.15, 0.2) is 35.2 Å². The lowest BCUT2D eigenvalue weighted by atomic mass is 10.2. The SMILES string of the molecule is Cc1nc(C)n(C[C@@H]2CCCN2CC[S@@](=O)c2ccccc2)n1. The molecular weight excluding hydrogens is 308 g/mol. The highest BCUT2D eigenvalue weighted by Crippen LogP contribution is 2.19. The Bertz CT molecular complexity index is 670. The summed E-state index contributed by atoms with van der Waals surface area (Å²) >= 11 is 0. The van der Waals surface area contributed by atoms with Crippen molar-refractivity contribution in [1.82, 2.24) is 19.7 Å². The summed E-state index contributed by atoms with van der Waals surface area (Å²) in [7, 11) is -0.918. The van der Waals surface area contributed by atoms with Crippen molar-refractivity contribution in [2.24, 2.45) is 0 Å². The highest BCUT2D eigenvalue weighted by molar-refractivity contribution is 7.85. The molecule has 0 amide bonds. The van der Waals surface area contributed by atoms with Gasteiger partial charge in [0.25, 0.3) is 0 Å². The third-order valence-electron chi connectivity index (χ3n) is 4.42. The zero-order valence-corrected chi connectivity index (χ0v) is 14.6. The van der Waals surface area contributed by atoms with E-state index in [2.05, 4.69) is 15.0 Å². The molecule has 23 heavy (non-hydrogen) atoms. The molecule has 124 valence electrons. The van der Waals surface area contributed by atoms with Crippen molar-refractivity contribution in [1.29, 1.82) is 0 Å². The van der Waals surface area contributed by atoms with E-state index in [1.807, 2.05) is 48.9 Å². The van der Waals surface area contributed by atoms with Crippen LogP contribution < -0.4 is 0 Å². The minimum atomic E-state index is -0.918. The average Bonchev–Trinajstić information content (AvgIpc) is 3.12. The van der Waals surface area contributed by atoms with Crippen LogP contribution in [0.25, 0.3) is 0 Å². The van der Waals surface area contributed by atoms with E-state index in [1.54, 1.807) is 0 Å². The molecule has 1 aliphatic heterocycles. The predicted molar refractivity (Wildman–Crippen MR) is 91.8 cm³/mol. The van der Waals surface area contributed by atoms with Crippen molar-refractivity contribution < 1.29 is 4.21 Å². The second-order valence-electron chi connectivity index (χ2n) is 6.08. The highest BCUT2D eigenvalue weighted by atomic mass is 32.2. The molecule has 1 fully saturated rings. The average molecular weight is 332 g/mol. The van der Waals surface area contributed by atoms with Crippen molar-refractivity contribution in [3.63, 3.8) is 0 Å². The van der Waals surface area contributed by atoms with Crippen molar-refractivity contribution in [3.05, 3.63) is 42.0 Å². The minimum Gasteiger partial charge on any atom is -0.298 e. The molecule has 0 spiro atoms. The van der Waals surface area contributed by atoms with E-state index in [0.717, 1.165) is 36.2 Å². The fourth-order valence-electron chi connectivity index (χ4n) is 3.22. The number of rotatable bonds is 6. The first kappa shape index (κ1) is 16.3. The zero-order chi connectivity index (χ0) is 16.2. The van der Waals surface area contributed by atoms with Gasteiger partial charge >= 0.3 is 0 Å². The summed E-state index contributed by atoms with van der Waals surface area (Å²) in [6.45, 7) is 6.77. The van der Waals surface area contributed by atoms with E-state index < -0.39 is 10.8 Å². The first-order valence-corrected chi connectivity index (χ1v) is 9.51. The Kier molecular flexibility index (Phi) is 5.23. The van der Waals surface area contributed by atoms with Crippen LogP contribution in [0.3, 0.4) is 0 Å². The van der Waals surface area contributed by atoms with Crippen LogP contribution in [0, 0.1) is 13.8 Å². The lowest BCUT2D eigenvalue weighted by molar-refractivity contribution is 0.238. The molecule has 0 unspecified atom stereocenters. The maximum Gasteiger partial charge on any atom is 0.147 e. The van der Waals surface area contributed by atoms with E-state index in [-0.39, 0.29) is 0 Å². The minimum absolute atomic E-state index is 0.475. The third-order valence-corrected chi connectivity index (χ3v) is 5.77. The Morgan fingerprint density at radius 2 is 2.04 bits per heavy atom. The van der Waals surface area contributed by atoms with Crippen LogP contribution in [0.4, 0.5) is 0 Å². The number of benzene rings is 1. The fourth-order valence-corrected chi connectivity index (χ4v) is 4.32. The van der Waals surface area contributed by atoms with Gasteiger partial charge in [-0.15, -0.1) is 0 Å². The molecule has 0 radical (unpaired) electrons. The van der Waals surface area contributed by atoms with E-state index in [9.17, 15) is 4.21 Å². The number of aryl methyl sites for hydroxylation is 2. The van der Waals surface area contributed by atoms with Crippen LogP contribution >= 0.6 is 0 Å². The molecule has 0 bridgehead atoms. The Balaban J connectivity index is 1.57. The summed E-state index contributed by atoms with van der Waals surface area (Å²) in [6.07, 6.45) is 2.38. The molecule has 3 rings (SSSR count). The topological polar surface area (TPSA) is 51.0 Å². The maximum absolute atomic E-state index is 12.4. The fraction of sp³-hybridized carbons (Fsp3) is 0.529. The van der Waals surface area contributed by atoms with Crippen molar-refractivity contribution in [2.75, 3.05) is 18.8 Å². The summed E-state index contributed by atoms with van der Waals surface area (Å²) < 4.78 is 14.4. The summed E-state index contributed by atoms with van der Waals surface area (Å²) in [5, 5.41) is 4.47. The Morgan fingerprint density at radius 3 is 2.74 bits per heavy atom. The molecule has 5 nitrogen and oxygen atoms in total. The molecule has 2 heterocycles. The standard InChI is InChI=1S/C17H24N4OS/c1-14-18-15(2)21(19-14)13-16-7-6-10-20(16)11-12-23(22)17-8-4-3-5-9-17/h3-5,8-9,16H,6-7,10-13H2,1-2H3/t16-,23+/m0/s1. The molecule has 6 heteroatoms. The number of likely N-dealkylation sites (tertiary alicyclic amines) is 1. The van der Waals surface area contributed by atoms with Crippen molar-refractivity contribution in [2.45, 2.75) is 44.2 Å². The van der Waals surface area contributed by atoms with Crippen LogP contribution in [-0.4, -0.2) is 48.8 Å². The summed E-state index contributed by atoms with van der Waals surface area (Å²) in [4.78, 5) is 7.75. The summed E-state index contributed by atoms with van der Waals surface area (Å²) in [5.41, 5.74) is 0. The van der Waals surface area contributed by atoms with E-state index >= 15 is 0 Å². The predicted octanol–water partition coefficient (Wildman–Crippen LogP) is 2.17. The van der Waals surface area contributed by atoms with Gasteiger partial charge in [0.15, 0.2) is 0 Å². The monoisotopic (exact) mass is 332 g/mol. The van der Waals surface area contributed by atoms with Gasteiger partial charge in [-0.25, -0.2) is 9.67 Å². The van der Waals surface area contributed by atoms with Gasteiger partial charge in [-0.1, -0.05) is 18.2 Å². The van der Waals surface area contributed by atoms with Gasteiger partial charge in [0.05, 0.1) is 17.3 Å². The molecule has 2 aromatic rings. The second-order valence-corrected chi connectivity index (χ2v) is 7.65. The lowest BCUT2D eigenvalue weighted by Crippen LogP contribution is -2.36. The van der Waals surface area contributed by atoms with Crippen molar-refractivity contribution in [3.8, 4) is 0 Å². The lowest BCUT2D eigenvalue weighted by Gasteiger charge is -2.24. The number of nitrogens with zero attached hydrogens (tertiary/aromatic N) is 4. The Labute approximate surface area is 140 Å². The third kappa shape index (κ3) is 4.06. The summed E-state index contributed by atoms with van der Waals surface area (Å²) in [5.74, 6) is 2.50. The smallest absolute Gasteiger partial charge is 0.147 e. The molecule has 0 aliphatic carbocycles. The van der Waals surface area contributed by atoms with Gasteiger partial charge in [-0.05, 0) is 45.4 Å². The van der Waals surface area contributed by atoms with Crippen molar-refractivity contribution >= 4 is 10.8 Å². The normalized spacial score (nSPS) is 20.0. The Hall–Kier alpha value is -1.53. The quantitative estimate of drug-likeness (QED) is 0.813. The zero-order valence-electron chi connectivity index (χ0n) is 13.8. The van der Waals surface area contributed by atoms with Gasteiger partial charge in [0.2, 0.25) is 0 Å². The van der Waals surface area contributed by atoms with Crippen LogP contribution in [-0.2, 0) is 17.3 Å². The molecule has 1 aliphatic rings. The van der Waals surface area contributed by atoms with Gasteiger partial charge in [-0.2, -0.15) is 5.10 Å². The van der Waals surface area contributed by atoms with E-state index in [1.165, 1.54) is 12.8 Å². The first-order chi connectivity index (χ1) is 11.1. The molecule has 1 aromatic heterocycles. The largest absolute Gasteiger partial charge is 0.298 e. The molecule has 0 saturated carbocycles. The van der Waals surface area contributed by atoms with Crippen LogP contribution in [0.5, 0.6) is 0 Å². The second kappa shape index (κ2) is 7.36. The molecule has 2 atom stereocenters. The number of hydrogen-bond donors (Lipinski definition) is 0. The van der Waals surface area contributed by atoms with Gasteiger partial charge < -0.3 is 0 Å². The Morgan fingerprint density at radius 1 is 1.26 bits per heavy atom. The maximum atomic E-state index is 12.4. The van der Waals surface area contributed by atoms with Gasteiger partial charge in [-0.3, -0.25) is 9.11 Å².